The maximum atomic E-state index is 12.2. The van der Waals surface area contributed by atoms with E-state index in [1.54, 1.807) is 12.3 Å². The Morgan fingerprint density at radius 3 is 2.90 bits per heavy atom. The van der Waals surface area contributed by atoms with Crippen molar-refractivity contribution in [3.8, 4) is 0 Å². The highest BCUT2D eigenvalue weighted by atomic mass is 32.1. The maximum absolute atomic E-state index is 12.2. The van der Waals surface area contributed by atoms with Gasteiger partial charge in [0.15, 0.2) is 0 Å². The van der Waals surface area contributed by atoms with E-state index in [2.05, 4.69) is 17.9 Å². The number of amides is 1. The van der Waals surface area contributed by atoms with Crippen LogP contribution in [0.3, 0.4) is 0 Å². The van der Waals surface area contributed by atoms with E-state index in [0.29, 0.717) is 5.56 Å². The fourth-order valence-electron chi connectivity index (χ4n) is 2.04. The molecule has 0 aliphatic rings. The fraction of sp³-hybridized carbons (Fsp3) is 0.312. The van der Waals surface area contributed by atoms with Crippen LogP contribution in [0.2, 0.25) is 0 Å². The second kappa shape index (κ2) is 6.66. The second-order valence-corrected chi connectivity index (χ2v) is 5.51. The van der Waals surface area contributed by atoms with Crippen molar-refractivity contribution in [2.24, 2.45) is 0 Å². The summed E-state index contributed by atoms with van der Waals surface area (Å²) >= 11 is 4.28. The van der Waals surface area contributed by atoms with Crippen LogP contribution in [0, 0.1) is 6.92 Å². The summed E-state index contributed by atoms with van der Waals surface area (Å²) in [5.41, 5.74) is 1.64. The zero-order valence-corrected chi connectivity index (χ0v) is 12.6. The summed E-state index contributed by atoms with van der Waals surface area (Å²) in [7, 11) is 0. The molecule has 3 nitrogen and oxygen atoms in total. The molecule has 4 heteroatoms. The predicted molar refractivity (Wildman–Crippen MR) is 82.4 cm³/mol. The van der Waals surface area contributed by atoms with Crippen LogP contribution in [0.4, 0.5) is 0 Å². The Morgan fingerprint density at radius 1 is 1.40 bits per heavy atom. The van der Waals surface area contributed by atoms with Crippen molar-refractivity contribution in [2.75, 3.05) is 0 Å². The van der Waals surface area contributed by atoms with Gasteiger partial charge in [-0.25, -0.2) is 0 Å². The zero-order valence-electron chi connectivity index (χ0n) is 11.7. The highest BCUT2D eigenvalue weighted by Gasteiger charge is 2.12. The SMILES string of the molecule is Cc1ccc(S)cc1C(=O)NC(C)CCc1ccco1. The quantitative estimate of drug-likeness (QED) is 0.825. The Bertz CT molecular complexity index is 578. The van der Waals surface area contributed by atoms with E-state index in [0.717, 1.165) is 29.1 Å². The van der Waals surface area contributed by atoms with E-state index in [-0.39, 0.29) is 11.9 Å². The lowest BCUT2D eigenvalue weighted by Crippen LogP contribution is -2.33. The molecule has 1 unspecified atom stereocenters. The predicted octanol–water partition coefficient (Wildman–Crippen LogP) is 3.63. The Kier molecular flexibility index (Phi) is 4.90. The molecule has 0 saturated carbocycles. The second-order valence-electron chi connectivity index (χ2n) is 4.99. The average Bonchev–Trinajstić information content (AvgIpc) is 2.92. The van der Waals surface area contributed by atoms with Crippen molar-refractivity contribution in [2.45, 2.75) is 37.6 Å². The lowest BCUT2D eigenvalue weighted by molar-refractivity contribution is 0.0937. The van der Waals surface area contributed by atoms with Crippen LogP contribution >= 0.6 is 12.6 Å². The van der Waals surface area contributed by atoms with Crippen LogP contribution < -0.4 is 5.32 Å². The number of carbonyl (C=O) groups excluding carboxylic acids is 1. The number of benzene rings is 1. The molecule has 1 amide bonds. The third-order valence-electron chi connectivity index (χ3n) is 3.25. The Hall–Kier alpha value is -1.68. The van der Waals surface area contributed by atoms with E-state index < -0.39 is 0 Å². The molecule has 0 fully saturated rings. The Balaban J connectivity index is 1.91. The minimum atomic E-state index is -0.0506. The molecule has 1 aromatic heterocycles. The number of aryl methyl sites for hydroxylation is 2. The van der Waals surface area contributed by atoms with Gasteiger partial charge < -0.3 is 9.73 Å². The van der Waals surface area contributed by atoms with Gasteiger partial charge in [0, 0.05) is 22.9 Å². The highest BCUT2D eigenvalue weighted by Crippen LogP contribution is 2.14. The van der Waals surface area contributed by atoms with Crippen LogP contribution in [-0.2, 0) is 6.42 Å². The molecule has 1 atom stereocenters. The maximum Gasteiger partial charge on any atom is 0.251 e. The highest BCUT2D eigenvalue weighted by molar-refractivity contribution is 7.80. The molecule has 0 bridgehead atoms. The molecule has 0 radical (unpaired) electrons. The zero-order chi connectivity index (χ0) is 14.5. The van der Waals surface area contributed by atoms with Crippen molar-refractivity contribution in [1.29, 1.82) is 0 Å². The number of hydrogen-bond donors (Lipinski definition) is 2. The van der Waals surface area contributed by atoms with Gasteiger partial charge >= 0.3 is 0 Å². The number of rotatable bonds is 5. The van der Waals surface area contributed by atoms with Crippen LogP contribution in [0.5, 0.6) is 0 Å². The summed E-state index contributed by atoms with van der Waals surface area (Å²) < 4.78 is 5.29. The third-order valence-corrected chi connectivity index (χ3v) is 3.53. The topological polar surface area (TPSA) is 42.2 Å². The first-order valence-electron chi connectivity index (χ1n) is 6.69. The normalized spacial score (nSPS) is 12.2. The fourth-order valence-corrected chi connectivity index (χ4v) is 2.25. The van der Waals surface area contributed by atoms with Gasteiger partial charge in [-0.1, -0.05) is 6.07 Å². The molecule has 1 N–H and O–H groups in total. The van der Waals surface area contributed by atoms with Gasteiger partial charge in [0.1, 0.15) is 5.76 Å². The molecule has 20 heavy (non-hydrogen) atoms. The molecular weight excluding hydrogens is 270 g/mol. The van der Waals surface area contributed by atoms with Gasteiger partial charge in [-0.2, -0.15) is 0 Å². The number of nitrogens with one attached hydrogen (secondary N) is 1. The molecule has 2 rings (SSSR count). The lowest BCUT2D eigenvalue weighted by Gasteiger charge is -2.14. The smallest absolute Gasteiger partial charge is 0.251 e. The van der Waals surface area contributed by atoms with Gasteiger partial charge in [0.25, 0.3) is 5.91 Å². The van der Waals surface area contributed by atoms with E-state index in [1.165, 1.54) is 0 Å². The summed E-state index contributed by atoms with van der Waals surface area (Å²) in [6, 6.07) is 9.51. The molecule has 0 aliphatic carbocycles. The summed E-state index contributed by atoms with van der Waals surface area (Å²) in [5.74, 6) is 0.893. The molecular formula is C16H19NO2S. The van der Waals surface area contributed by atoms with E-state index in [9.17, 15) is 4.79 Å². The monoisotopic (exact) mass is 289 g/mol. The van der Waals surface area contributed by atoms with Crippen LogP contribution in [0.25, 0.3) is 0 Å². The third kappa shape index (κ3) is 3.90. The van der Waals surface area contributed by atoms with E-state index >= 15 is 0 Å². The first-order chi connectivity index (χ1) is 9.56. The number of hydrogen-bond acceptors (Lipinski definition) is 3. The van der Waals surface area contributed by atoms with Gasteiger partial charge in [0.05, 0.1) is 6.26 Å². The summed E-state index contributed by atoms with van der Waals surface area (Å²) in [4.78, 5) is 13.0. The molecule has 1 heterocycles. The number of furan rings is 1. The van der Waals surface area contributed by atoms with Crippen molar-refractivity contribution >= 4 is 18.5 Å². The minimum Gasteiger partial charge on any atom is -0.469 e. The van der Waals surface area contributed by atoms with Crippen molar-refractivity contribution in [3.63, 3.8) is 0 Å². The van der Waals surface area contributed by atoms with Crippen LogP contribution in [-0.4, -0.2) is 11.9 Å². The van der Waals surface area contributed by atoms with E-state index in [1.807, 2.05) is 38.1 Å². The van der Waals surface area contributed by atoms with Crippen LogP contribution in [0.1, 0.15) is 35.0 Å². The lowest BCUT2D eigenvalue weighted by atomic mass is 10.1. The molecule has 2 aromatic rings. The summed E-state index contributed by atoms with van der Waals surface area (Å²) in [6.45, 7) is 3.93. The van der Waals surface area contributed by atoms with Gasteiger partial charge in [-0.15, -0.1) is 12.6 Å². The first-order valence-corrected chi connectivity index (χ1v) is 7.14. The van der Waals surface area contributed by atoms with Crippen molar-refractivity contribution in [1.82, 2.24) is 5.32 Å². The molecule has 0 saturated heterocycles. The number of carbonyl (C=O) groups is 1. The molecule has 0 spiro atoms. The van der Waals surface area contributed by atoms with E-state index in [4.69, 9.17) is 4.42 Å². The Morgan fingerprint density at radius 2 is 2.20 bits per heavy atom. The molecule has 106 valence electrons. The standard InChI is InChI=1S/C16H19NO2S/c1-11-5-8-14(20)10-15(11)16(18)17-12(2)6-7-13-4-3-9-19-13/h3-5,8-10,12,20H,6-7H2,1-2H3,(H,17,18). The summed E-state index contributed by atoms with van der Waals surface area (Å²) in [5, 5.41) is 3.01. The molecule has 1 aromatic carbocycles. The van der Waals surface area contributed by atoms with Gasteiger partial charge in [0.2, 0.25) is 0 Å². The van der Waals surface area contributed by atoms with Crippen LogP contribution in [0.15, 0.2) is 45.9 Å². The first kappa shape index (κ1) is 14.7. The summed E-state index contributed by atoms with van der Waals surface area (Å²) in [6.07, 6.45) is 3.33. The molecule has 0 aliphatic heterocycles. The van der Waals surface area contributed by atoms with Gasteiger partial charge in [-0.05, 0) is 50.1 Å². The number of thiol groups is 1. The van der Waals surface area contributed by atoms with Crippen molar-refractivity contribution in [3.05, 3.63) is 53.5 Å². The average molecular weight is 289 g/mol. The largest absolute Gasteiger partial charge is 0.469 e. The van der Waals surface area contributed by atoms with Gasteiger partial charge in [-0.3, -0.25) is 4.79 Å². The Labute approximate surface area is 124 Å². The van der Waals surface area contributed by atoms with Crippen molar-refractivity contribution < 1.29 is 9.21 Å². The minimum absolute atomic E-state index is 0.0506.